The molecule has 2 nitrogen and oxygen atoms in total. The number of aryl methyl sites for hydroxylation is 1. The van der Waals surface area contributed by atoms with Gasteiger partial charge in [0.05, 0.1) is 18.3 Å². The minimum absolute atomic E-state index is 0.176. The summed E-state index contributed by atoms with van der Waals surface area (Å²) < 4.78 is 42.4. The Morgan fingerprint density at radius 3 is 2.39 bits per heavy atom. The van der Waals surface area contributed by atoms with Crippen LogP contribution in [-0.2, 0) is 10.9 Å². The second-order valence-electron chi connectivity index (χ2n) is 4.45. The number of benzene rings is 1. The van der Waals surface area contributed by atoms with E-state index in [2.05, 4.69) is 0 Å². The van der Waals surface area contributed by atoms with Crippen molar-refractivity contribution in [2.75, 3.05) is 13.7 Å². The van der Waals surface area contributed by atoms with Crippen LogP contribution in [0.25, 0.3) is 0 Å². The average Bonchev–Trinajstić information content (AvgIpc) is 2.27. The predicted octanol–water partition coefficient (Wildman–Crippen LogP) is 3.33. The van der Waals surface area contributed by atoms with Crippen molar-refractivity contribution < 1.29 is 23.0 Å². The van der Waals surface area contributed by atoms with Crippen LogP contribution in [0.5, 0.6) is 0 Å². The fourth-order valence-corrected chi connectivity index (χ4v) is 1.84. The summed E-state index contributed by atoms with van der Waals surface area (Å²) in [6, 6.07) is 3.37. The summed E-state index contributed by atoms with van der Waals surface area (Å²) in [4.78, 5) is 0. The third-order valence-corrected chi connectivity index (χ3v) is 2.88. The van der Waals surface area contributed by atoms with Crippen LogP contribution >= 0.6 is 0 Å². The molecule has 2 atom stereocenters. The van der Waals surface area contributed by atoms with Gasteiger partial charge in [-0.1, -0.05) is 13.0 Å². The molecule has 1 N–H and O–H groups in total. The number of aliphatic hydroxyl groups is 1. The molecule has 1 aromatic carbocycles. The Hall–Kier alpha value is -1.07. The van der Waals surface area contributed by atoms with E-state index in [0.29, 0.717) is 17.7 Å². The van der Waals surface area contributed by atoms with E-state index in [1.54, 1.807) is 13.8 Å². The van der Waals surface area contributed by atoms with Gasteiger partial charge in [0.25, 0.3) is 0 Å². The molecule has 0 amide bonds. The normalized spacial score (nSPS) is 15.5. The number of hydrogen-bond acceptors (Lipinski definition) is 2. The lowest BCUT2D eigenvalue weighted by Crippen LogP contribution is -2.16. The molecular formula is C13H17F3O2. The Morgan fingerprint density at radius 1 is 1.33 bits per heavy atom. The third kappa shape index (κ3) is 3.46. The Balaban J connectivity index is 2.99. The van der Waals surface area contributed by atoms with E-state index in [1.165, 1.54) is 13.2 Å². The molecule has 1 rings (SSSR count). The lowest BCUT2D eigenvalue weighted by Gasteiger charge is -2.21. The standard InChI is InChI=1S/C13H17F3O2/c1-8-6-10(13(14,15)16)4-5-11(8)12(17)9(2)7-18-3/h4-6,9,12,17H,7H2,1-3H3. The molecule has 0 spiro atoms. The number of hydrogen-bond donors (Lipinski definition) is 1. The average molecular weight is 262 g/mol. The van der Waals surface area contributed by atoms with E-state index in [-0.39, 0.29) is 5.92 Å². The maximum Gasteiger partial charge on any atom is 0.416 e. The summed E-state index contributed by atoms with van der Waals surface area (Å²) in [5.74, 6) is -0.176. The van der Waals surface area contributed by atoms with Crippen LogP contribution in [-0.4, -0.2) is 18.8 Å². The fourth-order valence-electron chi connectivity index (χ4n) is 1.84. The van der Waals surface area contributed by atoms with E-state index in [0.717, 1.165) is 12.1 Å². The fraction of sp³-hybridized carbons (Fsp3) is 0.538. The van der Waals surface area contributed by atoms with E-state index < -0.39 is 17.8 Å². The Labute approximate surface area is 104 Å². The van der Waals surface area contributed by atoms with Crippen molar-refractivity contribution in [3.8, 4) is 0 Å². The molecule has 102 valence electrons. The minimum Gasteiger partial charge on any atom is -0.388 e. The Morgan fingerprint density at radius 2 is 1.94 bits per heavy atom. The molecule has 5 heteroatoms. The summed E-state index contributed by atoms with van der Waals surface area (Å²) in [6.07, 6.45) is -5.18. The number of alkyl halides is 3. The zero-order valence-corrected chi connectivity index (χ0v) is 10.6. The molecule has 0 heterocycles. The van der Waals surface area contributed by atoms with Gasteiger partial charge in [-0.25, -0.2) is 0 Å². The molecule has 0 aliphatic rings. The van der Waals surface area contributed by atoms with Crippen molar-refractivity contribution in [3.05, 3.63) is 34.9 Å². The van der Waals surface area contributed by atoms with Crippen molar-refractivity contribution in [2.45, 2.75) is 26.1 Å². The molecule has 1 aromatic rings. The summed E-state index contributed by atoms with van der Waals surface area (Å²) in [5, 5.41) is 10.0. The summed E-state index contributed by atoms with van der Waals surface area (Å²) in [5.41, 5.74) is 0.239. The van der Waals surface area contributed by atoms with Gasteiger partial charge in [0.1, 0.15) is 0 Å². The van der Waals surface area contributed by atoms with Gasteiger partial charge in [0.2, 0.25) is 0 Å². The Kier molecular flexibility index (Phi) is 4.76. The van der Waals surface area contributed by atoms with Crippen molar-refractivity contribution in [3.63, 3.8) is 0 Å². The van der Waals surface area contributed by atoms with Crippen molar-refractivity contribution in [1.29, 1.82) is 0 Å². The summed E-state index contributed by atoms with van der Waals surface area (Å²) >= 11 is 0. The van der Waals surface area contributed by atoms with Gasteiger partial charge in [-0.3, -0.25) is 0 Å². The van der Waals surface area contributed by atoms with Crippen LogP contribution in [0, 0.1) is 12.8 Å². The van der Waals surface area contributed by atoms with Gasteiger partial charge in [-0.2, -0.15) is 13.2 Å². The van der Waals surface area contributed by atoms with Crippen LogP contribution < -0.4 is 0 Å². The number of ether oxygens (including phenoxy) is 1. The minimum atomic E-state index is -4.35. The van der Waals surface area contributed by atoms with Crippen LogP contribution in [0.3, 0.4) is 0 Å². The first-order valence-corrected chi connectivity index (χ1v) is 5.62. The monoisotopic (exact) mass is 262 g/mol. The highest BCUT2D eigenvalue weighted by Gasteiger charge is 2.31. The second-order valence-corrected chi connectivity index (χ2v) is 4.45. The predicted molar refractivity (Wildman–Crippen MR) is 62.2 cm³/mol. The first kappa shape index (κ1) is 15.0. The molecule has 0 bridgehead atoms. The molecule has 0 aliphatic carbocycles. The van der Waals surface area contributed by atoms with Crippen LogP contribution in [0.2, 0.25) is 0 Å². The number of rotatable bonds is 4. The van der Waals surface area contributed by atoms with Gasteiger partial charge >= 0.3 is 6.18 Å². The number of methoxy groups -OCH3 is 1. The maximum atomic E-state index is 12.5. The van der Waals surface area contributed by atoms with Gasteiger partial charge in [0, 0.05) is 13.0 Å². The zero-order valence-electron chi connectivity index (χ0n) is 10.6. The number of aliphatic hydroxyl groups excluding tert-OH is 1. The van der Waals surface area contributed by atoms with Crippen molar-refractivity contribution in [2.24, 2.45) is 5.92 Å². The van der Waals surface area contributed by atoms with E-state index >= 15 is 0 Å². The highest BCUT2D eigenvalue weighted by molar-refractivity contribution is 5.34. The molecule has 0 saturated heterocycles. The topological polar surface area (TPSA) is 29.5 Å². The van der Waals surface area contributed by atoms with Crippen molar-refractivity contribution >= 4 is 0 Å². The maximum absolute atomic E-state index is 12.5. The molecule has 0 aromatic heterocycles. The SMILES string of the molecule is COCC(C)C(O)c1ccc(C(F)(F)F)cc1C. The van der Waals surface area contributed by atoms with Gasteiger partial charge in [-0.15, -0.1) is 0 Å². The number of halogens is 3. The van der Waals surface area contributed by atoms with Crippen LogP contribution in [0.4, 0.5) is 13.2 Å². The van der Waals surface area contributed by atoms with E-state index in [1.807, 2.05) is 0 Å². The first-order chi connectivity index (χ1) is 8.27. The Bertz CT molecular complexity index is 402. The van der Waals surface area contributed by atoms with Gasteiger partial charge < -0.3 is 9.84 Å². The van der Waals surface area contributed by atoms with Crippen molar-refractivity contribution in [1.82, 2.24) is 0 Å². The highest BCUT2D eigenvalue weighted by Crippen LogP contribution is 2.33. The zero-order chi connectivity index (χ0) is 13.9. The van der Waals surface area contributed by atoms with Gasteiger partial charge in [-0.05, 0) is 30.2 Å². The molecular weight excluding hydrogens is 245 g/mol. The lowest BCUT2D eigenvalue weighted by atomic mass is 9.93. The first-order valence-electron chi connectivity index (χ1n) is 5.62. The lowest BCUT2D eigenvalue weighted by molar-refractivity contribution is -0.137. The van der Waals surface area contributed by atoms with Gasteiger partial charge in [0.15, 0.2) is 0 Å². The largest absolute Gasteiger partial charge is 0.416 e. The molecule has 2 unspecified atom stereocenters. The highest BCUT2D eigenvalue weighted by atomic mass is 19.4. The smallest absolute Gasteiger partial charge is 0.388 e. The van der Waals surface area contributed by atoms with Crippen LogP contribution in [0.1, 0.15) is 29.7 Å². The van der Waals surface area contributed by atoms with E-state index in [9.17, 15) is 18.3 Å². The third-order valence-electron chi connectivity index (χ3n) is 2.88. The molecule has 0 fully saturated rings. The quantitative estimate of drug-likeness (QED) is 0.901. The molecule has 0 aliphatic heterocycles. The molecule has 0 radical (unpaired) electrons. The van der Waals surface area contributed by atoms with Crippen LogP contribution in [0.15, 0.2) is 18.2 Å². The summed E-state index contributed by atoms with van der Waals surface area (Å²) in [6.45, 7) is 3.69. The molecule has 18 heavy (non-hydrogen) atoms. The summed E-state index contributed by atoms with van der Waals surface area (Å²) in [7, 11) is 1.52. The molecule has 0 saturated carbocycles. The van der Waals surface area contributed by atoms with E-state index in [4.69, 9.17) is 4.74 Å². The second kappa shape index (κ2) is 5.71.